The molecule has 3 unspecified atom stereocenters. The SMILES string of the molecule is CCCCCCOc1ccc2c(c1)C1C=CCC1C(c1ccc([N+](=O)[O-])cc1)N2. The van der Waals surface area contributed by atoms with Gasteiger partial charge in [-0.2, -0.15) is 0 Å². The van der Waals surface area contributed by atoms with Crippen LogP contribution in [0.1, 0.15) is 62.1 Å². The number of rotatable bonds is 8. The number of nitrogens with zero attached hydrogens (tertiary/aromatic N) is 1. The molecule has 29 heavy (non-hydrogen) atoms. The van der Waals surface area contributed by atoms with E-state index >= 15 is 0 Å². The van der Waals surface area contributed by atoms with Crippen molar-refractivity contribution >= 4 is 11.4 Å². The molecule has 2 aliphatic rings. The van der Waals surface area contributed by atoms with Gasteiger partial charge < -0.3 is 10.1 Å². The number of nitrogens with one attached hydrogen (secondary N) is 1. The first-order chi connectivity index (χ1) is 14.2. The molecule has 0 spiro atoms. The summed E-state index contributed by atoms with van der Waals surface area (Å²) in [5.41, 5.74) is 3.63. The lowest BCUT2D eigenvalue weighted by atomic mass is 9.77. The Morgan fingerprint density at radius 3 is 2.72 bits per heavy atom. The van der Waals surface area contributed by atoms with Crippen molar-refractivity contribution in [2.24, 2.45) is 5.92 Å². The van der Waals surface area contributed by atoms with Crippen LogP contribution in [-0.4, -0.2) is 11.5 Å². The van der Waals surface area contributed by atoms with Crippen molar-refractivity contribution in [2.45, 2.75) is 51.0 Å². The quantitative estimate of drug-likeness (QED) is 0.245. The minimum Gasteiger partial charge on any atom is -0.494 e. The van der Waals surface area contributed by atoms with Crippen LogP contribution in [0.4, 0.5) is 11.4 Å². The average molecular weight is 392 g/mol. The number of unbranched alkanes of at least 4 members (excludes halogenated alkanes) is 3. The molecule has 152 valence electrons. The summed E-state index contributed by atoms with van der Waals surface area (Å²) in [6.07, 6.45) is 10.4. The van der Waals surface area contributed by atoms with Gasteiger partial charge >= 0.3 is 0 Å². The van der Waals surface area contributed by atoms with E-state index in [1.807, 2.05) is 18.2 Å². The van der Waals surface area contributed by atoms with Crippen LogP contribution in [-0.2, 0) is 0 Å². The summed E-state index contributed by atoms with van der Waals surface area (Å²) in [5, 5.41) is 14.6. The van der Waals surface area contributed by atoms with E-state index in [1.54, 1.807) is 12.1 Å². The molecule has 3 atom stereocenters. The van der Waals surface area contributed by atoms with Crippen LogP contribution in [0, 0.1) is 16.0 Å². The van der Waals surface area contributed by atoms with Crippen molar-refractivity contribution in [2.75, 3.05) is 11.9 Å². The molecule has 0 bridgehead atoms. The second-order valence-electron chi connectivity index (χ2n) is 7.98. The normalized spacial score (nSPS) is 21.9. The first-order valence-corrected chi connectivity index (χ1v) is 10.6. The Labute approximate surface area is 171 Å². The van der Waals surface area contributed by atoms with Crippen LogP contribution in [0.2, 0.25) is 0 Å². The number of non-ortho nitro benzene ring substituents is 1. The minimum atomic E-state index is -0.350. The molecule has 0 amide bonds. The van der Waals surface area contributed by atoms with E-state index in [-0.39, 0.29) is 16.7 Å². The molecule has 0 saturated heterocycles. The first kappa shape index (κ1) is 19.5. The molecule has 0 fully saturated rings. The summed E-state index contributed by atoms with van der Waals surface area (Å²) in [6.45, 7) is 2.98. The van der Waals surface area contributed by atoms with E-state index in [4.69, 9.17) is 4.74 Å². The number of hydrogen-bond donors (Lipinski definition) is 1. The van der Waals surface area contributed by atoms with Gasteiger partial charge in [0.05, 0.1) is 17.6 Å². The van der Waals surface area contributed by atoms with Crippen LogP contribution >= 0.6 is 0 Å². The largest absolute Gasteiger partial charge is 0.494 e. The summed E-state index contributed by atoms with van der Waals surface area (Å²) in [5.74, 6) is 1.69. The molecule has 5 nitrogen and oxygen atoms in total. The third kappa shape index (κ3) is 4.14. The number of allylic oxidation sites excluding steroid dienone is 2. The lowest BCUT2D eigenvalue weighted by Gasteiger charge is -2.37. The third-order valence-corrected chi connectivity index (χ3v) is 6.06. The van der Waals surface area contributed by atoms with E-state index in [0.717, 1.165) is 36.4 Å². The molecule has 0 aromatic heterocycles. The van der Waals surface area contributed by atoms with Crippen molar-refractivity contribution < 1.29 is 9.66 Å². The van der Waals surface area contributed by atoms with Gasteiger partial charge in [-0.15, -0.1) is 0 Å². The molecule has 1 heterocycles. The van der Waals surface area contributed by atoms with E-state index in [9.17, 15) is 10.1 Å². The summed E-state index contributed by atoms with van der Waals surface area (Å²) in [4.78, 5) is 10.6. The zero-order valence-electron chi connectivity index (χ0n) is 16.8. The summed E-state index contributed by atoms with van der Waals surface area (Å²) < 4.78 is 6.00. The zero-order chi connectivity index (χ0) is 20.2. The van der Waals surface area contributed by atoms with Gasteiger partial charge in [0, 0.05) is 23.7 Å². The van der Waals surface area contributed by atoms with Crippen LogP contribution in [0.5, 0.6) is 5.75 Å². The fourth-order valence-electron chi connectivity index (χ4n) is 4.51. The third-order valence-electron chi connectivity index (χ3n) is 6.06. The predicted molar refractivity (Wildman–Crippen MR) is 116 cm³/mol. The smallest absolute Gasteiger partial charge is 0.269 e. The summed E-state index contributed by atoms with van der Waals surface area (Å²) >= 11 is 0. The van der Waals surface area contributed by atoms with Crippen molar-refractivity contribution in [1.29, 1.82) is 0 Å². The standard InChI is InChI=1S/C24H28N2O3/c1-2-3-4-5-15-29-19-13-14-23-22(16-19)20-7-6-8-21(20)24(25-23)17-9-11-18(12-10-17)26(27)28/h6-7,9-14,16,20-21,24-25H,2-5,8,15H2,1H3. The predicted octanol–water partition coefficient (Wildman–Crippen LogP) is 6.38. The number of nitro groups is 1. The van der Waals surface area contributed by atoms with Gasteiger partial charge in [0.15, 0.2) is 0 Å². The van der Waals surface area contributed by atoms with Crippen LogP contribution in [0.25, 0.3) is 0 Å². The average Bonchev–Trinajstić information content (AvgIpc) is 3.23. The molecule has 1 aliphatic carbocycles. The summed E-state index contributed by atoms with van der Waals surface area (Å²) in [6, 6.07) is 13.4. The monoisotopic (exact) mass is 392 g/mol. The molecule has 4 rings (SSSR count). The number of fused-ring (bicyclic) bond motifs is 3. The van der Waals surface area contributed by atoms with Gasteiger partial charge in [0.1, 0.15) is 5.75 Å². The second-order valence-corrected chi connectivity index (χ2v) is 7.98. The Bertz CT molecular complexity index is 891. The van der Waals surface area contributed by atoms with Gasteiger partial charge in [-0.25, -0.2) is 0 Å². The van der Waals surface area contributed by atoms with Crippen LogP contribution < -0.4 is 10.1 Å². The number of anilines is 1. The first-order valence-electron chi connectivity index (χ1n) is 10.6. The van der Waals surface area contributed by atoms with E-state index in [0.29, 0.717) is 11.8 Å². The number of ether oxygens (including phenoxy) is 1. The minimum absolute atomic E-state index is 0.131. The zero-order valence-corrected chi connectivity index (χ0v) is 16.8. The van der Waals surface area contributed by atoms with Crippen molar-refractivity contribution in [3.63, 3.8) is 0 Å². The maximum atomic E-state index is 11.0. The molecular formula is C24H28N2O3. The fourth-order valence-corrected chi connectivity index (χ4v) is 4.51. The van der Waals surface area contributed by atoms with E-state index in [2.05, 4.69) is 36.5 Å². The molecule has 0 saturated carbocycles. The van der Waals surface area contributed by atoms with Crippen LogP contribution in [0.3, 0.4) is 0 Å². The highest BCUT2D eigenvalue weighted by atomic mass is 16.6. The Morgan fingerprint density at radius 2 is 1.97 bits per heavy atom. The van der Waals surface area contributed by atoms with Gasteiger partial charge in [0.2, 0.25) is 0 Å². The number of nitro benzene ring substituents is 1. The van der Waals surface area contributed by atoms with E-state index in [1.165, 1.54) is 24.8 Å². The Kier molecular flexibility index (Phi) is 5.84. The molecule has 0 radical (unpaired) electrons. The molecule has 2 aromatic carbocycles. The lowest BCUT2D eigenvalue weighted by molar-refractivity contribution is -0.384. The van der Waals surface area contributed by atoms with Crippen molar-refractivity contribution in [3.8, 4) is 5.75 Å². The van der Waals surface area contributed by atoms with Gasteiger partial charge in [0.25, 0.3) is 5.69 Å². The molecule has 1 aliphatic heterocycles. The molecule has 5 heteroatoms. The Hall–Kier alpha value is -2.82. The highest BCUT2D eigenvalue weighted by molar-refractivity contribution is 5.62. The maximum absolute atomic E-state index is 11.0. The van der Waals surface area contributed by atoms with Crippen LogP contribution in [0.15, 0.2) is 54.6 Å². The van der Waals surface area contributed by atoms with Gasteiger partial charge in [-0.3, -0.25) is 10.1 Å². The second kappa shape index (κ2) is 8.68. The topological polar surface area (TPSA) is 64.4 Å². The summed E-state index contributed by atoms with van der Waals surface area (Å²) in [7, 11) is 0. The van der Waals surface area contributed by atoms with Crippen molar-refractivity contribution in [1.82, 2.24) is 0 Å². The lowest BCUT2D eigenvalue weighted by Crippen LogP contribution is -2.29. The van der Waals surface area contributed by atoms with E-state index < -0.39 is 0 Å². The highest BCUT2D eigenvalue weighted by Crippen LogP contribution is 2.50. The molecular weight excluding hydrogens is 364 g/mol. The Morgan fingerprint density at radius 1 is 1.14 bits per heavy atom. The molecule has 1 N–H and O–H groups in total. The van der Waals surface area contributed by atoms with Gasteiger partial charge in [-0.1, -0.05) is 50.5 Å². The highest BCUT2D eigenvalue weighted by Gasteiger charge is 2.38. The van der Waals surface area contributed by atoms with Gasteiger partial charge in [-0.05, 0) is 48.1 Å². The number of hydrogen-bond acceptors (Lipinski definition) is 4. The van der Waals surface area contributed by atoms with Crippen molar-refractivity contribution in [3.05, 3.63) is 75.9 Å². The molecule has 2 aromatic rings. The maximum Gasteiger partial charge on any atom is 0.269 e. The number of benzene rings is 2. The Balaban J connectivity index is 1.52. The fraction of sp³-hybridized carbons (Fsp3) is 0.417.